The van der Waals surface area contributed by atoms with E-state index in [-0.39, 0.29) is 5.91 Å². The Hall–Kier alpha value is -1.91. The van der Waals surface area contributed by atoms with Crippen LogP contribution in [0.1, 0.15) is 12.8 Å². The third-order valence-electron chi connectivity index (χ3n) is 3.03. The largest absolute Gasteiger partial charge is 0.468 e. The topological polar surface area (TPSA) is 59.5 Å². The first-order chi connectivity index (χ1) is 8.12. The molecule has 1 fully saturated rings. The Kier molecular flexibility index (Phi) is 2.83. The van der Waals surface area contributed by atoms with Crippen molar-refractivity contribution in [1.82, 2.24) is 4.98 Å². The Morgan fingerprint density at radius 1 is 1.41 bits per heavy atom. The molecule has 5 nitrogen and oxygen atoms in total. The number of methoxy groups -OCH3 is 1. The van der Waals surface area contributed by atoms with Crippen molar-refractivity contribution in [3.8, 4) is 0 Å². The van der Waals surface area contributed by atoms with Gasteiger partial charge in [-0.15, -0.1) is 0 Å². The lowest BCUT2D eigenvalue weighted by Crippen LogP contribution is -2.39. The summed E-state index contributed by atoms with van der Waals surface area (Å²) in [5.41, 5.74) is -0.971. The van der Waals surface area contributed by atoms with Crippen LogP contribution < -0.4 is 4.90 Å². The molecule has 0 unspecified atom stereocenters. The summed E-state index contributed by atoms with van der Waals surface area (Å²) >= 11 is 0. The summed E-state index contributed by atoms with van der Waals surface area (Å²) in [6.07, 6.45) is 2.71. The minimum atomic E-state index is -0.971. The first-order valence-electron chi connectivity index (χ1n) is 5.39. The number of ether oxygens (including phenoxy) is 1. The highest BCUT2D eigenvalue weighted by Crippen LogP contribution is 2.48. The highest BCUT2D eigenvalue weighted by molar-refractivity contribution is 6.11. The number of anilines is 1. The molecule has 0 N–H and O–H groups in total. The number of esters is 1. The maximum atomic E-state index is 12.2. The van der Waals surface area contributed by atoms with Crippen molar-refractivity contribution in [3.63, 3.8) is 0 Å². The zero-order valence-electron chi connectivity index (χ0n) is 9.84. The van der Waals surface area contributed by atoms with Gasteiger partial charge in [0.15, 0.2) is 0 Å². The zero-order valence-corrected chi connectivity index (χ0v) is 9.84. The standard InChI is InChI=1S/C12H14N2O3/c1-14(9-5-3-4-8-13-9)10(15)12(6-7-12)11(16)17-2/h3-5,8H,6-7H2,1-2H3. The Morgan fingerprint density at radius 2 is 2.12 bits per heavy atom. The van der Waals surface area contributed by atoms with Gasteiger partial charge in [-0.25, -0.2) is 4.98 Å². The van der Waals surface area contributed by atoms with Crippen LogP contribution in [-0.4, -0.2) is 31.0 Å². The van der Waals surface area contributed by atoms with Gasteiger partial charge >= 0.3 is 5.97 Å². The van der Waals surface area contributed by atoms with Crippen LogP contribution in [0.3, 0.4) is 0 Å². The van der Waals surface area contributed by atoms with Crippen molar-refractivity contribution in [2.45, 2.75) is 12.8 Å². The fourth-order valence-corrected chi connectivity index (χ4v) is 1.80. The van der Waals surface area contributed by atoms with Gasteiger partial charge in [-0.1, -0.05) is 6.07 Å². The maximum Gasteiger partial charge on any atom is 0.321 e. The van der Waals surface area contributed by atoms with Crippen LogP contribution in [0.2, 0.25) is 0 Å². The van der Waals surface area contributed by atoms with Gasteiger partial charge in [-0.2, -0.15) is 0 Å². The number of hydrogen-bond acceptors (Lipinski definition) is 4. The summed E-state index contributed by atoms with van der Waals surface area (Å²) in [6, 6.07) is 5.30. The van der Waals surface area contributed by atoms with E-state index in [0.29, 0.717) is 18.7 Å². The maximum absolute atomic E-state index is 12.2. The van der Waals surface area contributed by atoms with E-state index >= 15 is 0 Å². The number of carbonyl (C=O) groups excluding carboxylic acids is 2. The number of pyridine rings is 1. The predicted octanol–water partition coefficient (Wildman–Crippen LogP) is 0.998. The van der Waals surface area contributed by atoms with Gasteiger partial charge in [0.1, 0.15) is 11.2 Å². The lowest BCUT2D eigenvalue weighted by molar-refractivity contribution is -0.151. The normalized spacial score (nSPS) is 16.1. The van der Waals surface area contributed by atoms with Crippen molar-refractivity contribution in [2.75, 3.05) is 19.1 Å². The first kappa shape index (κ1) is 11.6. The average molecular weight is 234 g/mol. The molecule has 0 aromatic carbocycles. The monoisotopic (exact) mass is 234 g/mol. The Bertz CT molecular complexity index is 440. The quantitative estimate of drug-likeness (QED) is 0.578. The molecule has 1 aromatic rings. The van der Waals surface area contributed by atoms with Gasteiger partial charge in [-0.05, 0) is 25.0 Å². The van der Waals surface area contributed by atoms with E-state index in [1.807, 2.05) is 0 Å². The van der Waals surface area contributed by atoms with Crippen LogP contribution in [0.25, 0.3) is 0 Å². The molecule has 2 rings (SSSR count). The van der Waals surface area contributed by atoms with Crippen molar-refractivity contribution >= 4 is 17.7 Å². The van der Waals surface area contributed by atoms with Gasteiger partial charge in [0.05, 0.1) is 7.11 Å². The summed E-state index contributed by atoms with van der Waals surface area (Å²) < 4.78 is 4.68. The van der Waals surface area contributed by atoms with E-state index in [1.54, 1.807) is 31.4 Å². The third-order valence-corrected chi connectivity index (χ3v) is 3.03. The van der Waals surface area contributed by atoms with Gasteiger partial charge in [0, 0.05) is 13.2 Å². The molecule has 0 aliphatic heterocycles. The molecule has 0 atom stereocenters. The molecule has 90 valence electrons. The Balaban J connectivity index is 2.19. The minimum Gasteiger partial charge on any atom is -0.468 e. The average Bonchev–Trinajstić information content (AvgIpc) is 3.18. The van der Waals surface area contributed by atoms with Crippen LogP contribution >= 0.6 is 0 Å². The summed E-state index contributed by atoms with van der Waals surface area (Å²) in [7, 11) is 2.92. The number of nitrogens with zero attached hydrogens (tertiary/aromatic N) is 2. The summed E-state index contributed by atoms with van der Waals surface area (Å²) in [5.74, 6) is -0.166. The smallest absolute Gasteiger partial charge is 0.321 e. The lowest BCUT2D eigenvalue weighted by atomic mass is 10.1. The Morgan fingerprint density at radius 3 is 2.59 bits per heavy atom. The van der Waals surface area contributed by atoms with Gasteiger partial charge in [-0.3, -0.25) is 14.5 Å². The zero-order chi connectivity index (χ0) is 12.5. The third kappa shape index (κ3) is 1.88. The second-order valence-electron chi connectivity index (χ2n) is 4.13. The van der Waals surface area contributed by atoms with Gasteiger partial charge in [0.2, 0.25) is 5.91 Å². The highest BCUT2D eigenvalue weighted by atomic mass is 16.5. The highest BCUT2D eigenvalue weighted by Gasteiger charge is 2.59. The SMILES string of the molecule is COC(=O)C1(C(=O)N(C)c2ccccn2)CC1. The number of amides is 1. The summed E-state index contributed by atoms with van der Waals surface area (Å²) in [4.78, 5) is 29.3. The molecular weight excluding hydrogens is 220 g/mol. The summed E-state index contributed by atoms with van der Waals surface area (Å²) in [5, 5.41) is 0. The van der Waals surface area contributed by atoms with Gasteiger partial charge < -0.3 is 4.74 Å². The fraction of sp³-hybridized carbons (Fsp3) is 0.417. The van der Waals surface area contributed by atoms with Crippen LogP contribution in [0.5, 0.6) is 0 Å². The molecule has 0 spiro atoms. The van der Waals surface area contributed by atoms with Crippen LogP contribution in [0.15, 0.2) is 24.4 Å². The summed E-state index contributed by atoms with van der Waals surface area (Å²) in [6.45, 7) is 0. The van der Waals surface area contributed by atoms with Crippen molar-refractivity contribution in [1.29, 1.82) is 0 Å². The molecule has 1 saturated carbocycles. The first-order valence-corrected chi connectivity index (χ1v) is 5.39. The second-order valence-corrected chi connectivity index (χ2v) is 4.13. The number of hydrogen-bond donors (Lipinski definition) is 0. The number of rotatable bonds is 3. The fourth-order valence-electron chi connectivity index (χ4n) is 1.80. The van der Waals surface area contributed by atoms with E-state index in [0.717, 1.165) is 0 Å². The van der Waals surface area contributed by atoms with Crippen molar-refractivity contribution < 1.29 is 14.3 Å². The van der Waals surface area contributed by atoms with E-state index in [9.17, 15) is 9.59 Å². The molecule has 1 heterocycles. The molecule has 0 bridgehead atoms. The number of aromatic nitrogens is 1. The van der Waals surface area contributed by atoms with Crippen molar-refractivity contribution in [2.24, 2.45) is 5.41 Å². The molecule has 1 aromatic heterocycles. The second kappa shape index (κ2) is 4.16. The Labute approximate surface area is 99.4 Å². The lowest BCUT2D eigenvalue weighted by Gasteiger charge is -2.20. The minimum absolute atomic E-state index is 0.247. The van der Waals surface area contributed by atoms with Crippen LogP contribution in [0, 0.1) is 5.41 Å². The van der Waals surface area contributed by atoms with E-state index in [2.05, 4.69) is 9.72 Å². The molecule has 17 heavy (non-hydrogen) atoms. The molecule has 5 heteroatoms. The molecule has 1 amide bonds. The molecule has 1 aliphatic carbocycles. The van der Waals surface area contributed by atoms with Crippen LogP contribution in [0.4, 0.5) is 5.82 Å². The van der Waals surface area contributed by atoms with E-state index in [4.69, 9.17) is 0 Å². The number of carbonyl (C=O) groups is 2. The van der Waals surface area contributed by atoms with E-state index in [1.165, 1.54) is 12.0 Å². The molecule has 1 aliphatic rings. The molecular formula is C12H14N2O3. The predicted molar refractivity (Wildman–Crippen MR) is 61.3 cm³/mol. The molecule has 0 radical (unpaired) electrons. The van der Waals surface area contributed by atoms with E-state index < -0.39 is 11.4 Å². The van der Waals surface area contributed by atoms with Gasteiger partial charge in [0.25, 0.3) is 0 Å². The van der Waals surface area contributed by atoms with Crippen molar-refractivity contribution in [3.05, 3.63) is 24.4 Å². The van der Waals surface area contributed by atoms with Crippen LogP contribution in [-0.2, 0) is 14.3 Å². The molecule has 0 saturated heterocycles.